The summed E-state index contributed by atoms with van der Waals surface area (Å²) in [5.74, 6) is -1.72. The molecule has 0 spiro atoms. The number of rotatable bonds is 3. The van der Waals surface area contributed by atoms with Crippen molar-refractivity contribution in [1.29, 1.82) is 0 Å². The summed E-state index contributed by atoms with van der Waals surface area (Å²) < 4.78 is 5.03. The summed E-state index contributed by atoms with van der Waals surface area (Å²) in [6.07, 6.45) is -1.11. The Bertz CT molecular complexity index is 600. The van der Waals surface area contributed by atoms with Gasteiger partial charge >= 0.3 is 5.97 Å². The fraction of sp³-hybridized carbons (Fsp3) is 0.385. The van der Waals surface area contributed by atoms with E-state index in [0.29, 0.717) is 5.56 Å². The predicted molar refractivity (Wildman–Crippen MR) is 71.1 cm³/mol. The molecule has 0 aliphatic carbocycles. The highest BCUT2D eigenvalue weighted by Gasteiger charge is 2.32. The van der Waals surface area contributed by atoms with Crippen LogP contribution in [0.15, 0.2) is 18.2 Å². The SMILES string of the molecule is Cc1cccc(C(=O)N2CCOC(C(=O)O)C2)c1[N+](=O)[O-]. The van der Waals surface area contributed by atoms with Gasteiger partial charge in [0.15, 0.2) is 6.10 Å². The van der Waals surface area contributed by atoms with Crippen LogP contribution >= 0.6 is 0 Å². The Morgan fingerprint density at radius 1 is 1.48 bits per heavy atom. The van der Waals surface area contributed by atoms with Crippen molar-refractivity contribution in [2.24, 2.45) is 0 Å². The Morgan fingerprint density at radius 2 is 2.19 bits per heavy atom. The van der Waals surface area contributed by atoms with Crippen LogP contribution in [0, 0.1) is 17.0 Å². The average molecular weight is 294 g/mol. The largest absolute Gasteiger partial charge is 0.479 e. The number of carboxylic acids is 1. The first-order valence-corrected chi connectivity index (χ1v) is 6.29. The first-order chi connectivity index (χ1) is 9.91. The molecule has 1 aliphatic rings. The molecule has 1 heterocycles. The molecule has 1 atom stereocenters. The zero-order valence-corrected chi connectivity index (χ0v) is 11.3. The molecule has 1 N–H and O–H groups in total. The first kappa shape index (κ1) is 14.9. The van der Waals surface area contributed by atoms with Crippen molar-refractivity contribution in [3.8, 4) is 0 Å². The maximum atomic E-state index is 12.4. The second-order valence-corrected chi connectivity index (χ2v) is 4.68. The molecule has 0 bridgehead atoms. The Morgan fingerprint density at radius 3 is 2.81 bits per heavy atom. The molecule has 1 aliphatic heterocycles. The lowest BCUT2D eigenvalue weighted by molar-refractivity contribution is -0.385. The van der Waals surface area contributed by atoms with E-state index in [4.69, 9.17) is 9.84 Å². The van der Waals surface area contributed by atoms with Crippen LogP contribution in [0.5, 0.6) is 0 Å². The number of hydrogen-bond acceptors (Lipinski definition) is 5. The van der Waals surface area contributed by atoms with Crippen LogP contribution in [0.4, 0.5) is 5.69 Å². The van der Waals surface area contributed by atoms with Gasteiger partial charge < -0.3 is 14.7 Å². The number of carboxylic acid groups (broad SMARTS) is 1. The Kier molecular flexibility index (Phi) is 4.18. The second-order valence-electron chi connectivity index (χ2n) is 4.68. The highest BCUT2D eigenvalue weighted by molar-refractivity contribution is 5.99. The topological polar surface area (TPSA) is 110 Å². The lowest BCUT2D eigenvalue weighted by atomic mass is 10.1. The molecule has 8 heteroatoms. The number of nitro benzene ring substituents is 1. The summed E-state index contributed by atoms with van der Waals surface area (Å²) in [6.45, 7) is 1.71. The van der Waals surface area contributed by atoms with E-state index in [1.165, 1.54) is 11.0 Å². The third-order valence-corrected chi connectivity index (χ3v) is 3.28. The third-order valence-electron chi connectivity index (χ3n) is 3.28. The van der Waals surface area contributed by atoms with Crippen molar-refractivity contribution >= 4 is 17.6 Å². The minimum Gasteiger partial charge on any atom is -0.479 e. The minimum absolute atomic E-state index is 0.0361. The van der Waals surface area contributed by atoms with Gasteiger partial charge in [0.25, 0.3) is 11.6 Å². The van der Waals surface area contributed by atoms with Crippen LogP contribution in [0.2, 0.25) is 0 Å². The molecule has 1 fully saturated rings. The monoisotopic (exact) mass is 294 g/mol. The third kappa shape index (κ3) is 3.00. The van der Waals surface area contributed by atoms with Crippen molar-refractivity contribution in [1.82, 2.24) is 4.90 Å². The van der Waals surface area contributed by atoms with Gasteiger partial charge in [0, 0.05) is 12.1 Å². The number of nitrogens with zero attached hydrogens (tertiary/aromatic N) is 2. The predicted octanol–water partition coefficient (Wildman–Crippen LogP) is 0.829. The highest BCUT2D eigenvalue weighted by Crippen LogP contribution is 2.25. The second kappa shape index (κ2) is 5.88. The molecule has 0 saturated carbocycles. The maximum Gasteiger partial charge on any atom is 0.334 e. The molecule has 0 radical (unpaired) electrons. The van der Waals surface area contributed by atoms with Crippen LogP contribution in [-0.4, -0.2) is 52.6 Å². The van der Waals surface area contributed by atoms with E-state index in [9.17, 15) is 19.7 Å². The summed E-state index contributed by atoms with van der Waals surface area (Å²) in [6, 6.07) is 4.48. The Balaban J connectivity index is 2.30. The first-order valence-electron chi connectivity index (χ1n) is 6.29. The molecule has 1 aromatic carbocycles. The van der Waals surface area contributed by atoms with Gasteiger partial charge in [0.05, 0.1) is 18.1 Å². The number of nitro groups is 1. The van der Waals surface area contributed by atoms with E-state index in [-0.39, 0.29) is 30.9 Å². The van der Waals surface area contributed by atoms with Gasteiger partial charge in [-0.15, -0.1) is 0 Å². The zero-order valence-electron chi connectivity index (χ0n) is 11.3. The molecule has 8 nitrogen and oxygen atoms in total. The summed E-state index contributed by atoms with van der Waals surface area (Å²) in [4.78, 5) is 35.1. The summed E-state index contributed by atoms with van der Waals surface area (Å²) in [7, 11) is 0. The van der Waals surface area contributed by atoms with Gasteiger partial charge in [-0.05, 0) is 13.0 Å². The van der Waals surface area contributed by atoms with Gasteiger partial charge in [-0.1, -0.05) is 12.1 Å². The number of hydrogen-bond donors (Lipinski definition) is 1. The lowest BCUT2D eigenvalue weighted by Crippen LogP contribution is -2.48. The van der Waals surface area contributed by atoms with Crippen LogP contribution in [0.1, 0.15) is 15.9 Å². The summed E-state index contributed by atoms with van der Waals surface area (Å²) in [5, 5.41) is 20.0. The highest BCUT2D eigenvalue weighted by atomic mass is 16.6. The number of benzene rings is 1. The molecule has 2 rings (SSSR count). The van der Waals surface area contributed by atoms with E-state index < -0.39 is 22.9 Å². The quantitative estimate of drug-likeness (QED) is 0.653. The van der Waals surface area contributed by atoms with Gasteiger partial charge in [-0.2, -0.15) is 0 Å². The van der Waals surface area contributed by atoms with Crippen LogP contribution in [-0.2, 0) is 9.53 Å². The number of carbonyl (C=O) groups is 2. The minimum atomic E-state index is -1.16. The van der Waals surface area contributed by atoms with Crippen molar-refractivity contribution in [3.63, 3.8) is 0 Å². The van der Waals surface area contributed by atoms with Gasteiger partial charge in [-0.25, -0.2) is 4.79 Å². The number of para-hydroxylation sites is 1. The molecule has 112 valence electrons. The van der Waals surface area contributed by atoms with Gasteiger partial charge in [-0.3, -0.25) is 14.9 Å². The summed E-state index contributed by atoms with van der Waals surface area (Å²) in [5.41, 5.74) is 0.0980. The van der Waals surface area contributed by atoms with Crippen molar-refractivity contribution in [2.45, 2.75) is 13.0 Å². The molecule has 1 amide bonds. The number of carbonyl (C=O) groups excluding carboxylic acids is 1. The lowest BCUT2D eigenvalue weighted by Gasteiger charge is -2.30. The number of morpholine rings is 1. The van der Waals surface area contributed by atoms with Gasteiger partial charge in [0.1, 0.15) is 5.56 Å². The van der Waals surface area contributed by atoms with Gasteiger partial charge in [0.2, 0.25) is 0 Å². The summed E-state index contributed by atoms with van der Waals surface area (Å²) >= 11 is 0. The van der Waals surface area contributed by atoms with Crippen molar-refractivity contribution < 1.29 is 24.4 Å². The van der Waals surface area contributed by atoms with Crippen LogP contribution in [0.25, 0.3) is 0 Å². The number of aryl methyl sites for hydroxylation is 1. The molecule has 21 heavy (non-hydrogen) atoms. The van der Waals surface area contributed by atoms with Crippen LogP contribution in [0.3, 0.4) is 0 Å². The normalized spacial score (nSPS) is 18.3. The van der Waals surface area contributed by atoms with E-state index in [0.717, 1.165) is 0 Å². The maximum absolute atomic E-state index is 12.4. The number of aliphatic carboxylic acids is 1. The Labute approximate surface area is 120 Å². The van der Waals surface area contributed by atoms with E-state index in [2.05, 4.69) is 0 Å². The van der Waals surface area contributed by atoms with E-state index >= 15 is 0 Å². The zero-order chi connectivity index (χ0) is 15.6. The van der Waals surface area contributed by atoms with E-state index in [1.54, 1.807) is 19.1 Å². The molecule has 1 unspecified atom stereocenters. The number of ether oxygens (including phenoxy) is 1. The fourth-order valence-corrected chi connectivity index (χ4v) is 2.23. The molecule has 1 aromatic rings. The molecular formula is C13H14N2O6. The molecule has 0 aromatic heterocycles. The smallest absolute Gasteiger partial charge is 0.334 e. The van der Waals surface area contributed by atoms with E-state index in [1.807, 2.05) is 0 Å². The van der Waals surface area contributed by atoms with Crippen molar-refractivity contribution in [3.05, 3.63) is 39.4 Å². The number of amides is 1. The van der Waals surface area contributed by atoms with Crippen LogP contribution < -0.4 is 0 Å². The fourth-order valence-electron chi connectivity index (χ4n) is 2.23. The average Bonchev–Trinajstić information content (AvgIpc) is 2.45. The Hall–Kier alpha value is -2.48. The standard InChI is InChI=1S/C13H14N2O6/c1-8-3-2-4-9(11(8)15(19)20)12(16)14-5-6-21-10(7-14)13(17)18/h2-4,10H,5-7H2,1H3,(H,17,18). The molecule has 1 saturated heterocycles. The van der Waals surface area contributed by atoms with Crippen molar-refractivity contribution in [2.75, 3.05) is 19.7 Å². The molecular weight excluding hydrogens is 280 g/mol.